The lowest BCUT2D eigenvalue weighted by Crippen LogP contribution is -2.45. The van der Waals surface area contributed by atoms with Crippen LogP contribution in [0.1, 0.15) is 18.2 Å². The number of hydrogen-bond donors (Lipinski definition) is 1. The SMILES string of the molecule is CCn1c(=O)c(-c2cccs2)cc2c(C)nc(Nc3ccc(N4CCN(Cc5ccccc5)CC4)cc3)nc21. The quantitative estimate of drug-likeness (QED) is 0.279. The van der Waals surface area contributed by atoms with Gasteiger partial charge in [0.25, 0.3) is 5.56 Å². The van der Waals surface area contributed by atoms with E-state index in [-0.39, 0.29) is 5.56 Å². The zero-order chi connectivity index (χ0) is 26.8. The summed E-state index contributed by atoms with van der Waals surface area (Å²) >= 11 is 1.57. The van der Waals surface area contributed by atoms with Crippen LogP contribution in [0.3, 0.4) is 0 Å². The monoisotopic (exact) mass is 536 g/mol. The summed E-state index contributed by atoms with van der Waals surface area (Å²) in [5.74, 6) is 0.493. The average Bonchev–Trinajstić information content (AvgIpc) is 3.49. The van der Waals surface area contributed by atoms with Crippen LogP contribution in [0.5, 0.6) is 0 Å². The number of thiophene rings is 1. The van der Waals surface area contributed by atoms with E-state index in [0.29, 0.717) is 23.7 Å². The van der Waals surface area contributed by atoms with Gasteiger partial charge >= 0.3 is 0 Å². The fourth-order valence-electron chi connectivity index (χ4n) is 5.24. The standard InChI is InChI=1S/C31H32N6OS/c1-3-37-29-26(20-27(30(37)38)28-10-7-19-39-28)22(2)32-31(34-29)33-24-11-13-25(14-12-24)36-17-15-35(16-18-36)21-23-8-5-4-6-9-23/h4-14,19-20H,3,15-18,21H2,1-2H3,(H,32,33,34). The van der Waals surface area contributed by atoms with Gasteiger partial charge in [-0.25, -0.2) is 4.98 Å². The molecule has 1 aliphatic heterocycles. The minimum absolute atomic E-state index is 0.0234. The molecule has 6 rings (SSSR count). The molecule has 0 spiro atoms. The molecule has 0 atom stereocenters. The molecule has 5 aromatic rings. The number of piperazine rings is 1. The lowest BCUT2D eigenvalue weighted by atomic mass is 10.1. The number of nitrogens with one attached hydrogen (secondary N) is 1. The van der Waals surface area contributed by atoms with Gasteiger partial charge in [0.05, 0.1) is 11.3 Å². The molecule has 0 saturated carbocycles. The van der Waals surface area contributed by atoms with Gasteiger partial charge in [-0.05, 0) is 61.2 Å². The molecule has 0 aliphatic carbocycles. The molecule has 1 fully saturated rings. The second kappa shape index (κ2) is 11.0. The smallest absolute Gasteiger partial charge is 0.260 e. The van der Waals surface area contributed by atoms with E-state index in [9.17, 15) is 4.79 Å². The Hall–Kier alpha value is -4.01. The Kier molecular flexibility index (Phi) is 7.13. The van der Waals surface area contributed by atoms with Crippen molar-refractivity contribution in [3.05, 3.63) is 99.8 Å². The molecule has 7 nitrogen and oxygen atoms in total. The number of rotatable bonds is 7. The van der Waals surface area contributed by atoms with Crippen LogP contribution in [0.2, 0.25) is 0 Å². The summed E-state index contributed by atoms with van der Waals surface area (Å²) in [6.07, 6.45) is 0. The summed E-state index contributed by atoms with van der Waals surface area (Å²) in [6, 6.07) is 25.0. The Balaban J connectivity index is 1.17. The third kappa shape index (κ3) is 5.30. The van der Waals surface area contributed by atoms with E-state index >= 15 is 0 Å². The molecule has 1 N–H and O–H groups in total. The van der Waals surface area contributed by atoms with Crippen molar-refractivity contribution in [2.75, 3.05) is 36.4 Å². The first-order valence-corrected chi connectivity index (χ1v) is 14.3. The Morgan fingerprint density at radius 2 is 1.69 bits per heavy atom. The van der Waals surface area contributed by atoms with Gasteiger partial charge in [-0.1, -0.05) is 36.4 Å². The van der Waals surface area contributed by atoms with Crippen molar-refractivity contribution in [3.8, 4) is 10.4 Å². The van der Waals surface area contributed by atoms with Gasteiger partial charge < -0.3 is 10.2 Å². The van der Waals surface area contributed by atoms with Gasteiger partial charge in [0.2, 0.25) is 5.95 Å². The molecule has 39 heavy (non-hydrogen) atoms. The Morgan fingerprint density at radius 1 is 0.923 bits per heavy atom. The van der Waals surface area contributed by atoms with E-state index in [1.807, 2.05) is 37.4 Å². The highest BCUT2D eigenvalue weighted by molar-refractivity contribution is 7.13. The van der Waals surface area contributed by atoms with Crippen LogP contribution in [0, 0.1) is 6.92 Å². The molecule has 1 saturated heterocycles. The van der Waals surface area contributed by atoms with Crippen LogP contribution in [-0.2, 0) is 13.1 Å². The summed E-state index contributed by atoms with van der Waals surface area (Å²) < 4.78 is 1.74. The van der Waals surface area contributed by atoms with Crippen LogP contribution >= 0.6 is 11.3 Å². The van der Waals surface area contributed by atoms with E-state index in [1.54, 1.807) is 15.9 Å². The number of aryl methyl sites for hydroxylation is 2. The van der Waals surface area contributed by atoms with Crippen molar-refractivity contribution in [3.63, 3.8) is 0 Å². The summed E-state index contributed by atoms with van der Waals surface area (Å²) in [7, 11) is 0. The molecule has 4 heterocycles. The van der Waals surface area contributed by atoms with Gasteiger partial charge in [0, 0.05) is 60.9 Å². The average molecular weight is 537 g/mol. The van der Waals surface area contributed by atoms with E-state index in [4.69, 9.17) is 9.97 Å². The molecule has 1 aliphatic rings. The normalized spacial score (nSPS) is 14.2. The Morgan fingerprint density at radius 3 is 2.38 bits per heavy atom. The van der Waals surface area contributed by atoms with E-state index in [0.717, 1.165) is 54.4 Å². The maximum absolute atomic E-state index is 13.3. The molecule has 2 aromatic carbocycles. The second-order valence-electron chi connectivity index (χ2n) is 9.88. The maximum Gasteiger partial charge on any atom is 0.260 e. The predicted octanol–water partition coefficient (Wildman–Crippen LogP) is 5.91. The van der Waals surface area contributed by atoms with Crippen LogP contribution in [-0.4, -0.2) is 45.6 Å². The molecule has 198 valence electrons. The number of pyridine rings is 1. The van der Waals surface area contributed by atoms with Crippen molar-refractivity contribution < 1.29 is 0 Å². The second-order valence-corrected chi connectivity index (χ2v) is 10.8. The van der Waals surface area contributed by atoms with Gasteiger partial charge in [-0.3, -0.25) is 14.3 Å². The first kappa shape index (κ1) is 25.3. The summed E-state index contributed by atoms with van der Waals surface area (Å²) in [4.78, 5) is 28.7. The zero-order valence-corrected chi connectivity index (χ0v) is 23.1. The first-order chi connectivity index (χ1) is 19.1. The van der Waals surface area contributed by atoms with Crippen molar-refractivity contribution in [2.24, 2.45) is 0 Å². The first-order valence-electron chi connectivity index (χ1n) is 13.4. The molecule has 0 bridgehead atoms. The number of anilines is 3. The van der Waals surface area contributed by atoms with Gasteiger partial charge in [-0.15, -0.1) is 11.3 Å². The molecule has 0 radical (unpaired) electrons. The predicted molar refractivity (Wildman–Crippen MR) is 161 cm³/mol. The summed E-state index contributed by atoms with van der Waals surface area (Å²) in [5.41, 5.74) is 5.67. The summed E-state index contributed by atoms with van der Waals surface area (Å²) in [5, 5.41) is 6.24. The van der Waals surface area contributed by atoms with E-state index in [1.165, 1.54) is 11.3 Å². The Bertz CT molecular complexity index is 1620. The lowest BCUT2D eigenvalue weighted by Gasteiger charge is -2.36. The minimum atomic E-state index is -0.0234. The zero-order valence-electron chi connectivity index (χ0n) is 22.3. The topological polar surface area (TPSA) is 66.3 Å². The van der Waals surface area contributed by atoms with Crippen LogP contribution in [0.15, 0.2) is 83.0 Å². The number of nitrogens with zero attached hydrogens (tertiary/aromatic N) is 5. The van der Waals surface area contributed by atoms with Crippen molar-refractivity contribution in [2.45, 2.75) is 26.9 Å². The molecule has 0 amide bonds. The highest BCUT2D eigenvalue weighted by Crippen LogP contribution is 2.27. The maximum atomic E-state index is 13.3. The van der Waals surface area contributed by atoms with E-state index in [2.05, 4.69) is 69.7 Å². The van der Waals surface area contributed by atoms with E-state index < -0.39 is 0 Å². The number of aromatic nitrogens is 3. The van der Waals surface area contributed by atoms with Crippen molar-refractivity contribution in [1.82, 2.24) is 19.4 Å². The van der Waals surface area contributed by atoms with Crippen molar-refractivity contribution >= 4 is 39.7 Å². The van der Waals surface area contributed by atoms with Crippen molar-refractivity contribution in [1.29, 1.82) is 0 Å². The number of benzene rings is 2. The lowest BCUT2D eigenvalue weighted by molar-refractivity contribution is 0.250. The largest absolute Gasteiger partial charge is 0.369 e. The van der Waals surface area contributed by atoms with Crippen LogP contribution < -0.4 is 15.8 Å². The van der Waals surface area contributed by atoms with Gasteiger partial charge in [-0.2, -0.15) is 4.98 Å². The summed E-state index contributed by atoms with van der Waals surface area (Å²) in [6.45, 7) is 9.60. The molecular weight excluding hydrogens is 504 g/mol. The van der Waals surface area contributed by atoms with Crippen LogP contribution in [0.4, 0.5) is 17.3 Å². The Labute approximate surface area is 232 Å². The van der Waals surface area contributed by atoms with Gasteiger partial charge in [0.1, 0.15) is 5.65 Å². The third-order valence-electron chi connectivity index (χ3n) is 7.35. The van der Waals surface area contributed by atoms with Crippen LogP contribution in [0.25, 0.3) is 21.5 Å². The highest BCUT2D eigenvalue weighted by Gasteiger charge is 2.18. The van der Waals surface area contributed by atoms with Gasteiger partial charge in [0.15, 0.2) is 0 Å². The molecule has 0 unspecified atom stereocenters. The third-order valence-corrected chi connectivity index (χ3v) is 8.25. The number of fused-ring (bicyclic) bond motifs is 1. The number of hydrogen-bond acceptors (Lipinski definition) is 7. The minimum Gasteiger partial charge on any atom is -0.369 e. The fourth-order valence-corrected chi connectivity index (χ4v) is 5.97. The highest BCUT2D eigenvalue weighted by atomic mass is 32.1. The molecule has 3 aromatic heterocycles. The molecule has 8 heteroatoms. The molecular formula is C31H32N6OS. The fraction of sp³-hybridized carbons (Fsp3) is 0.258.